The number of thioether (sulfide) groups is 4. The summed E-state index contributed by atoms with van der Waals surface area (Å²) in [7, 11) is 0. The van der Waals surface area contributed by atoms with Crippen LogP contribution in [-0.4, -0.2) is 0 Å². The van der Waals surface area contributed by atoms with Gasteiger partial charge in [0.1, 0.15) is 0 Å². The second kappa shape index (κ2) is 15.8. The molecule has 2 aliphatic rings. The van der Waals surface area contributed by atoms with Gasteiger partial charge in [0, 0.05) is 9.81 Å². The molecule has 0 aromatic heterocycles. The molecule has 0 bridgehead atoms. The standard InChI is InChI=1S/C22H34I2S4/c1-3-5-7-9-11-13-15-17-19(23)27-21(25-17)22-26-18(20(24)28-22)16-14-12-10-8-6-4-2/h3-16H2,1-2H3/b22-21+. The molecule has 0 N–H and O–H groups in total. The monoisotopic (exact) mass is 680 g/mol. The fraction of sp³-hybridized carbons (Fsp3) is 0.727. The van der Waals surface area contributed by atoms with Gasteiger partial charge in [0.05, 0.1) is 14.3 Å². The molecule has 160 valence electrons. The van der Waals surface area contributed by atoms with Gasteiger partial charge in [0.15, 0.2) is 0 Å². The molecule has 0 nitrogen and oxygen atoms in total. The number of rotatable bonds is 14. The van der Waals surface area contributed by atoms with Crippen molar-refractivity contribution in [3.8, 4) is 0 Å². The lowest BCUT2D eigenvalue weighted by molar-refractivity contribution is 0.610. The van der Waals surface area contributed by atoms with E-state index in [9.17, 15) is 0 Å². The van der Waals surface area contributed by atoms with Crippen LogP contribution in [0.25, 0.3) is 0 Å². The van der Waals surface area contributed by atoms with Gasteiger partial charge in [-0.1, -0.05) is 125 Å². The largest absolute Gasteiger partial charge is 0.0837 e. The molecule has 28 heavy (non-hydrogen) atoms. The molecule has 0 fully saturated rings. The van der Waals surface area contributed by atoms with Gasteiger partial charge in [0.2, 0.25) is 0 Å². The fourth-order valence-corrected chi connectivity index (χ4v) is 11.8. The summed E-state index contributed by atoms with van der Waals surface area (Å²) in [5.74, 6) is 0. The van der Waals surface area contributed by atoms with Gasteiger partial charge >= 0.3 is 0 Å². The molecule has 0 unspecified atom stereocenters. The summed E-state index contributed by atoms with van der Waals surface area (Å²) in [6, 6.07) is 0. The van der Waals surface area contributed by atoms with Gasteiger partial charge < -0.3 is 0 Å². The van der Waals surface area contributed by atoms with Crippen LogP contribution < -0.4 is 0 Å². The van der Waals surface area contributed by atoms with Gasteiger partial charge in [-0.25, -0.2) is 0 Å². The van der Waals surface area contributed by atoms with Crippen molar-refractivity contribution in [1.29, 1.82) is 0 Å². The molecular weight excluding hydrogens is 646 g/mol. The van der Waals surface area contributed by atoms with Crippen molar-refractivity contribution in [2.75, 3.05) is 0 Å². The van der Waals surface area contributed by atoms with Crippen LogP contribution in [0.2, 0.25) is 0 Å². The molecule has 0 atom stereocenters. The Morgan fingerprint density at radius 1 is 0.500 bits per heavy atom. The Balaban J connectivity index is 1.71. The predicted octanol–water partition coefficient (Wildman–Crippen LogP) is 11.8. The average Bonchev–Trinajstić information content (AvgIpc) is 3.24. The highest BCUT2D eigenvalue weighted by atomic mass is 127. The lowest BCUT2D eigenvalue weighted by Crippen LogP contribution is -1.81. The van der Waals surface area contributed by atoms with E-state index in [4.69, 9.17) is 0 Å². The Kier molecular flexibility index (Phi) is 14.9. The first-order chi connectivity index (χ1) is 13.7. The van der Waals surface area contributed by atoms with E-state index in [-0.39, 0.29) is 0 Å². The minimum absolute atomic E-state index is 1.28. The van der Waals surface area contributed by atoms with Crippen LogP contribution in [0, 0.1) is 0 Å². The number of hydrogen-bond acceptors (Lipinski definition) is 4. The molecular formula is C22H34I2S4. The summed E-state index contributed by atoms with van der Waals surface area (Å²) >= 11 is 13.3. The maximum Gasteiger partial charge on any atom is 0.0708 e. The quantitative estimate of drug-likeness (QED) is 0.132. The van der Waals surface area contributed by atoms with Gasteiger partial charge in [-0.3, -0.25) is 0 Å². The molecule has 2 rings (SSSR count). The SMILES string of the molecule is CCCCCCCCC1=C(I)S/C(=C2/SC(I)=C(CCCCCCCC)S2)S1. The second-order valence-electron chi connectivity index (χ2n) is 7.41. The Bertz CT molecular complexity index is 531. The third kappa shape index (κ3) is 9.70. The van der Waals surface area contributed by atoms with E-state index in [0.717, 1.165) is 0 Å². The van der Waals surface area contributed by atoms with E-state index >= 15 is 0 Å². The molecule has 2 heterocycles. The third-order valence-corrected chi connectivity index (χ3v) is 13.8. The molecule has 0 spiro atoms. The Hall–Kier alpha value is 2.08. The van der Waals surface area contributed by atoms with Crippen molar-refractivity contribution >= 4 is 92.2 Å². The summed E-state index contributed by atoms with van der Waals surface area (Å²) in [6.07, 6.45) is 19.2. The zero-order valence-corrected chi connectivity index (χ0v) is 24.9. The van der Waals surface area contributed by atoms with E-state index in [1.807, 2.05) is 23.5 Å². The zero-order valence-electron chi connectivity index (χ0n) is 17.3. The molecule has 0 saturated heterocycles. The van der Waals surface area contributed by atoms with Crippen LogP contribution in [0.4, 0.5) is 0 Å². The van der Waals surface area contributed by atoms with Crippen molar-refractivity contribution in [1.82, 2.24) is 0 Å². The van der Waals surface area contributed by atoms with E-state index in [2.05, 4.69) is 82.6 Å². The van der Waals surface area contributed by atoms with E-state index in [0.29, 0.717) is 0 Å². The molecule has 0 saturated carbocycles. The van der Waals surface area contributed by atoms with Crippen molar-refractivity contribution < 1.29 is 0 Å². The molecule has 0 amide bonds. The lowest BCUT2D eigenvalue weighted by atomic mass is 10.1. The summed E-state index contributed by atoms with van der Waals surface area (Å²) in [4.78, 5) is 3.26. The van der Waals surface area contributed by atoms with Crippen molar-refractivity contribution in [2.45, 2.75) is 104 Å². The highest BCUT2D eigenvalue weighted by Gasteiger charge is 2.27. The zero-order chi connectivity index (χ0) is 20.2. The number of allylic oxidation sites excluding steroid dienone is 2. The van der Waals surface area contributed by atoms with Crippen molar-refractivity contribution in [2.24, 2.45) is 0 Å². The molecule has 0 aromatic rings. The van der Waals surface area contributed by atoms with Crippen molar-refractivity contribution in [3.63, 3.8) is 0 Å². The van der Waals surface area contributed by atoms with E-state index in [1.54, 1.807) is 18.3 Å². The van der Waals surface area contributed by atoms with Crippen LogP contribution in [0.15, 0.2) is 24.1 Å². The minimum atomic E-state index is 1.28. The van der Waals surface area contributed by atoms with Gasteiger partial charge in [-0.15, -0.1) is 0 Å². The highest BCUT2D eigenvalue weighted by molar-refractivity contribution is 14.1. The number of halogens is 2. The Morgan fingerprint density at radius 2 is 0.857 bits per heavy atom. The van der Waals surface area contributed by atoms with E-state index < -0.39 is 0 Å². The first kappa shape index (κ1) is 26.3. The summed E-state index contributed by atoms with van der Waals surface area (Å²) in [5.41, 5.74) is 0. The fourth-order valence-electron chi connectivity index (χ4n) is 3.22. The maximum atomic E-state index is 2.57. The number of hydrogen-bond donors (Lipinski definition) is 0. The first-order valence-corrected chi connectivity index (χ1v) is 16.3. The normalized spacial score (nSPS) is 20.1. The topological polar surface area (TPSA) is 0 Å². The van der Waals surface area contributed by atoms with Crippen LogP contribution in [0.5, 0.6) is 0 Å². The van der Waals surface area contributed by atoms with Crippen LogP contribution in [0.3, 0.4) is 0 Å². The third-order valence-electron chi connectivity index (χ3n) is 4.92. The van der Waals surface area contributed by atoms with Crippen LogP contribution in [-0.2, 0) is 0 Å². The summed E-state index contributed by atoms with van der Waals surface area (Å²) < 4.78 is 6.15. The number of unbranched alkanes of at least 4 members (excludes halogenated alkanes) is 10. The highest BCUT2D eigenvalue weighted by Crippen LogP contribution is 2.63. The van der Waals surface area contributed by atoms with Gasteiger partial charge in [0.25, 0.3) is 0 Å². The molecule has 2 aliphatic heterocycles. The van der Waals surface area contributed by atoms with E-state index in [1.165, 1.54) is 95.7 Å². The summed E-state index contributed by atoms with van der Waals surface area (Å²) in [5, 5.41) is 0. The smallest absolute Gasteiger partial charge is 0.0708 e. The Labute approximate surface area is 217 Å². The maximum absolute atomic E-state index is 2.57. The molecule has 0 radical (unpaired) electrons. The Morgan fingerprint density at radius 3 is 1.25 bits per heavy atom. The van der Waals surface area contributed by atoms with Crippen LogP contribution >= 0.6 is 92.2 Å². The molecule has 0 aromatic carbocycles. The molecule has 6 heteroatoms. The molecule has 0 aliphatic carbocycles. The van der Waals surface area contributed by atoms with Gasteiger partial charge in [-0.05, 0) is 70.9 Å². The lowest BCUT2D eigenvalue weighted by Gasteiger charge is -2.04. The predicted molar refractivity (Wildman–Crippen MR) is 155 cm³/mol. The van der Waals surface area contributed by atoms with Crippen LogP contribution in [0.1, 0.15) is 104 Å². The second-order valence-corrected chi connectivity index (χ2v) is 15.8. The first-order valence-electron chi connectivity index (χ1n) is 10.9. The van der Waals surface area contributed by atoms with Crippen molar-refractivity contribution in [3.05, 3.63) is 24.1 Å². The summed E-state index contributed by atoms with van der Waals surface area (Å²) in [6.45, 7) is 4.59. The minimum Gasteiger partial charge on any atom is -0.0837 e. The average molecular weight is 681 g/mol. The van der Waals surface area contributed by atoms with Gasteiger partial charge in [-0.2, -0.15) is 0 Å².